The third-order valence-corrected chi connectivity index (χ3v) is 3.52. The summed E-state index contributed by atoms with van der Waals surface area (Å²) < 4.78 is 1.71. The van der Waals surface area contributed by atoms with E-state index in [0.29, 0.717) is 12.3 Å². The third-order valence-electron chi connectivity index (χ3n) is 3.52. The Balaban J connectivity index is 2.44. The second kappa shape index (κ2) is 4.89. The highest BCUT2D eigenvalue weighted by Crippen LogP contribution is 2.21. The van der Waals surface area contributed by atoms with Crippen LogP contribution in [0.5, 0.6) is 0 Å². The van der Waals surface area contributed by atoms with Crippen LogP contribution in [-0.2, 0) is 0 Å². The zero-order chi connectivity index (χ0) is 13.2. The van der Waals surface area contributed by atoms with Crippen molar-refractivity contribution in [1.82, 2.24) is 19.6 Å². The summed E-state index contributed by atoms with van der Waals surface area (Å²) in [4.78, 5) is 8.44. The molecule has 0 unspecified atom stereocenters. The van der Waals surface area contributed by atoms with Crippen LogP contribution in [0, 0.1) is 6.92 Å². The van der Waals surface area contributed by atoms with Crippen molar-refractivity contribution in [2.75, 3.05) is 11.9 Å². The van der Waals surface area contributed by atoms with Crippen LogP contribution in [0.15, 0.2) is 12.4 Å². The van der Waals surface area contributed by atoms with E-state index in [1.54, 1.807) is 4.52 Å². The number of nitrogens with two attached hydrogens (primary N) is 1. The molecule has 0 radical (unpaired) electrons. The maximum Gasteiger partial charge on any atom is 0.254 e. The fourth-order valence-electron chi connectivity index (χ4n) is 2.06. The van der Waals surface area contributed by atoms with Crippen LogP contribution in [-0.4, -0.2) is 31.7 Å². The molecule has 0 aliphatic rings. The van der Waals surface area contributed by atoms with Gasteiger partial charge in [-0.3, -0.25) is 0 Å². The minimum absolute atomic E-state index is 0.104. The molecule has 0 aliphatic carbocycles. The monoisotopic (exact) mass is 248 g/mol. The van der Waals surface area contributed by atoms with E-state index < -0.39 is 0 Å². The van der Waals surface area contributed by atoms with Crippen LogP contribution in [0.2, 0.25) is 0 Å². The summed E-state index contributed by atoms with van der Waals surface area (Å²) in [5.41, 5.74) is 6.72. The van der Waals surface area contributed by atoms with Gasteiger partial charge in [-0.2, -0.15) is 14.6 Å². The lowest BCUT2D eigenvalue weighted by molar-refractivity contribution is 0.442. The third kappa shape index (κ3) is 2.15. The molecule has 18 heavy (non-hydrogen) atoms. The van der Waals surface area contributed by atoms with Gasteiger partial charge in [-0.05, 0) is 19.8 Å². The molecule has 0 saturated heterocycles. The van der Waals surface area contributed by atoms with E-state index in [2.05, 4.69) is 34.2 Å². The highest BCUT2D eigenvalue weighted by Gasteiger charge is 2.25. The lowest BCUT2D eigenvalue weighted by atomic mass is 9.93. The largest absolute Gasteiger partial charge is 0.363 e. The van der Waals surface area contributed by atoms with Gasteiger partial charge in [0.1, 0.15) is 12.1 Å². The minimum atomic E-state index is -0.104. The Kier molecular flexibility index (Phi) is 3.47. The predicted molar refractivity (Wildman–Crippen MR) is 71.5 cm³/mol. The van der Waals surface area contributed by atoms with Crippen molar-refractivity contribution in [3.63, 3.8) is 0 Å². The van der Waals surface area contributed by atoms with Crippen LogP contribution in [0.25, 0.3) is 5.78 Å². The zero-order valence-corrected chi connectivity index (χ0v) is 11.1. The van der Waals surface area contributed by atoms with Crippen molar-refractivity contribution in [2.45, 2.75) is 39.2 Å². The number of aromatic nitrogens is 4. The van der Waals surface area contributed by atoms with E-state index in [-0.39, 0.29) is 5.54 Å². The number of rotatable bonds is 5. The normalized spacial score (nSPS) is 12.0. The molecule has 0 spiro atoms. The van der Waals surface area contributed by atoms with Crippen LogP contribution < -0.4 is 11.1 Å². The van der Waals surface area contributed by atoms with Crippen molar-refractivity contribution in [3.05, 3.63) is 18.1 Å². The Hall–Kier alpha value is -1.69. The number of nitrogens with one attached hydrogen (secondary N) is 1. The van der Waals surface area contributed by atoms with E-state index in [1.165, 1.54) is 6.33 Å². The zero-order valence-electron chi connectivity index (χ0n) is 11.1. The Morgan fingerprint density at radius 2 is 2.11 bits per heavy atom. The number of fused-ring (bicyclic) bond motifs is 1. The molecule has 2 aromatic heterocycles. The number of aryl methyl sites for hydroxylation is 1. The molecule has 2 aromatic rings. The molecule has 0 fully saturated rings. The molecule has 0 aliphatic heterocycles. The van der Waals surface area contributed by atoms with Crippen molar-refractivity contribution in [3.8, 4) is 0 Å². The molecule has 0 bridgehead atoms. The number of hydrogen-bond acceptors (Lipinski definition) is 5. The van der Waals surface area contributed by atoms with E-state index in [0.717, 1.165) is 24.4 Å². The van der Waals surface area contributed by atoms with Crippen molar-refractivity contribution >= 4 is 11.6 Å². The number of anilines is 1. The topological polar surface area (TPSA) is 81.1 Å². The van der Waals surface area contributed by atoms with Crippen molar-refractivity contribution in [1.29, 1.82) is 0 Å². The Bertz CT molecular complexity index is 520. The van der Waals surface area contributed by atoms with Gasteiger partial charge >= 0.3 is 0 Å². The first kappa shape index (κ1) is 12.8. The van der Waals surface area contributed by atoms with Gasteiger partial charge in [0.2, 0.25) is 0 Å². The number of nitrogens with zero attached hydrogens (tertiary/aromatic N) is 4. The van der Waals surface area contributed by atoms with Crippen molar-refractivity contribution < 1.29 is 0 Å². The van der Waals surface area contributed by atoms with Gasteiger partial charge < -0.3 is 11.1 Å². The quantitative estimate of drug-likeness (QED) is 0.835. The van der Waals surface area contributed by atoms with Gasteiger partial charge in [0, 0.05) is 18.3 Å². The standard InChI is InChI=1S/C12H20N6/c1-4-12(5-2,7-13)17-10-6-9(3)16-11-14-8-15-18(10)11/h6,8,17H,4-5,7,13H2,1-3H3. The molecule has 0 saturated carbocycles. The summed E-state index contributed by atoms with van der Waals surface area (Å²) in [7, 11) is 0. The summed E-state index contributed by atoms with van der Waals surface area (Å²) in [6.07, 6.45) is 3.42. The molecule has 98 valence electrons. The summed E-state index contributed by atoms with van der Waals surface area (Å²) in [6.45, 7) is 6.80. The molecule has 2 heterocycles. The lowest BCUT2D eigenvalue weighted by Crippen LogP contribution is -2.45. The fraction of sp³-hybridized carbons (Fsp3) is 0.583. The Morgan fingerprint density at radius 1 is 1.39 bits per heavy atom. The highest BCUT2D eigenvalue weighted by molar-refractivity contribution is 5.46. The second-order valence-corrected chi connectivity index (χ2v) is 4.57. The SMILES string of the molecule is CCC(CC)(CN)Nc1cc(C)nc2ncnn12. The summed E-state index contributed by atoms with van der Waals surface area (Å²) in [6, 6.07) is 1.97. The first-order valence-electron chi connectivity index (χ1n) is 6.29. The first-order chi connectivity index (χ1) is 8.64. The highest BCUT2D eigenvalue weighted by atomic mass is 15.4. The van der Waals surface area contributed by atoms with Gasteiger partial charge in [-0.25, -0.2) is 4.98 Å². The predicted octanol–water partition coefficient (Wildman–Crippen LogP) is 1.36. The fourth-order valence-corrected chi connectivity index (χ4v) is 2.06. The summed E-state index contributed by atoms with van der Waals surface area (Å²) >= 11 is 0. The van der Waals surface area contributed by atoms with E-state index in [9.17, 15) is 0 Å². The Morgan fingerprint density at radius 3 is 2.72 bits per heavy atom. The molecule has 2 rings (SSSR count). The van der Waals surface area contributed by atoms with Crippen LogP contribution >= 0.6 is 0 Å². The molecule has 6 heteroatoms. The minimum Gasteiger partial charge on any atom is -0.363 e. The maximum atomic E-state index is 5.91. The van der Waals surface area contributed by atoms with Crippen LogP contribution in [0.1, 0.15) is 32.4 Å². The second-order valence-electron chi connectivity index (χ2n) is 4.57. The first-order valence-corrected chi connectivity index (χ1v) is 6.29. The summed E-state index contributed by atoms with van der Waals surface area (Å²) in [5, 5.41) is 7.69. The van der Waals surface area contributed by atoms with E-state index in [1.807, 2.05) is 13.0 Å². The lowest BCUT2D eigenvalue weighted by Gasteiger charge is -2.32. The van der Waals surface area contributed by atoms with Gasteiger partial charge in [0.15, 0.2) is 0 Å². The van der Waals surface area contributed by atoms with Gasteiger partial charge in [-0.15, -0.1) is 0 Å². The van der Waals surface area contributed by atoms with Gasteiger partial charge in [-0.1, -0.05) is 13.8 Å². The number of hydrogen-bond donors (Lipinski definition) is 2. The average Bonchev–Trinajstić information content (AvgIpc) is 2.84. The van der Waals surface area contributed by atoms with Crippen LogP contribution in [0.3, 0.4) is 0 Å². The molecule has 0 aromatic carbocycles. The Labute approximate surface area is 107 Å². The maximum absolute atomic E-state index is 5.91. The molecule has 6 nitrogen and oxygen atoms in total. The molecule has 3 N–H and O–H groups in total. The van der Waals surface area contributed by atoms with Crippen molar-refractivity contribution in [2.24, 2.45) is 5.73 Å². The van der Waals surface area contributed by atoms with Crippen LogP contribution in [0.4, 0.5) is 5.82 Å². The molecular weight excluding hydrogens is 228 g/mol. The average molecular weight is 248 g/mol. The van der Waals surface area contributed by atoms with Gasteiger partial charge in [0.05, 0.1) is 5.54 Å². The van der Waals surface area contributed by atoms with E-state index >= 15 is 0 Å². The smallest absolute Gasteiger partial charge is 0.254 e. The van der Waals surface area contributed by atoms with E-state index in [4.69, 9.17) is 5.73 Å². The summed E-state index contributed by atoms with van der Waals surface area (Å²) in [5.74, 6) is 1.50. The molecule has 0 amide bonds. The van der Waals surface area contributed by atoms with Gasteiger partial charge in [0.25, 0.3) is 5.78 Å². The molecular formula is C12H20N6. The molecule has 0 atom stereocenters.